The van der Waals surface area contributed by atoms with E-state index in [9.17, 15) is 4.79 Å². The molecule has 0 aliphatic rings. The molecule has 2 aromatic rings. The number of hydrogen-bond acceptors (Lipinski definition) is 7. The molecule has 18 heavy (non-hydrogen) atoms. The number of aliphatic hydroxyl groups excluding tert-OH is 1. The van der Waals surface area contributed by atoms with E-state index in [1.807, 2.05) is 0 Å². The minimum atomic E-state index is -0.256. The van der Waals surface area contributed by atoms with Crippen LogP contribution in [0, 0.1) is 11.8 Å². The van der Waals surface area contributed by atoms with Gasteiger partial charge in [-0.25, -0.2) is 0 Å². The Labute approximate surface area is 111 Å². The van der Waals surface area contributed by atoms with Gasteiger partial charge in [0, 0.05) is 18.0 Å². The van der Waals surface area contributed by atoms with E-state index in [4.69, 9.17) is 5.11 Å². The predicted octanol–water partition coefficient (Wildman–Crippen LogP) is 0.981. The van der Waals surface area contributed by atoms with Crippen LogP contribution in [0.5, 0.6) is 0 Å². The van der Waals surface area contributed by atoms with E-state index in [0.717, 1.165) is 16.4 Å². The normalized spacial score (nSPS) is 9.61. The second-order valence-corrected chi connectivity index (χ2v) is 4.88. The number of amides is 1. The lowest BCUT2D eigenvalue weighted by atomic mass is 10.4. The Balaban J connectivity index is 2.02. The van der Waals surface area contributed by atoms with E-state index >= 15 is 0 Å². The zero-order chi connectivity index (χ0) is 12.8. The van der Waals surface area contributed by atoms with E-state index < -0.39 is 0 Å². The third kappa shape index (κ3) is 3.33. The number of anilines is 1. The number of aromatic nitrogens is 3. The van der Waals surface area contributed by atoms with Gasteiger partial charge in [-0.05, 0) is 17.3 Å². The van der Waals surface area contributed by atoms with Crippen LogP contribution < -0.4 is 5.32 Å². The molecule has 0 saturated carbocycles. The molecule has 0 aromatic carbocycles. The topological polar surface area (TPSA) is 88.0 Å². The van der Waals surface area contributed by atoms with Crippen LogP contribution in [-0.4, -0.2) is 32.4 Å². The Bertz CT molecular complexity index is 583. The molecule has 92 valence electrons. The van der Waals surface area contributed by atoms with Gasteiger partial charge in [0.15, 0.2) is 0 Å². The fourth-order valence-electron chi connectivity index (χ4n) is 1.07. The largest absolute Gasteiger partial charge is 0.395 e. The summed E-state index contributed by atoms with van der Waals surface area (Å²) in [6, 6.07) is 3.46. The Morgan fingerprint density at radius 1 is 1.50 bits per heavy atom. The van der Waals surface area contributed by atoms with Crippen LogP contribution in [-0.2, 0) is 0 Å². The molecule has 0 aliphatic carbocycles. The van der Waals surface area contributed by atoms with Crippen molar-refractivity contribution < 1.29 is 9.90 Å². The molecule has 2 heterocycles. The van der Waals surface area contributed by atoms with Crippen molar-refractivity contribution in [2.24, 2.45) is 0 Å². The summed E-state index contributed by atoms with van der Waals surface area (Å²) in [5.74, 6) is 5.41. The second kappa shape index (κ2) is 6.20. The molecule has 0 aliphatic heterocycles. The summed E-state index contributed by atoms with van der Waals surface area (Å²) >= 11 is 2.30. The molecule has 0 spiro atoms. The van der Waals surface area contributed by atoms with Gasteiger partial charge in [0.1, 0.15) is 0 Å². The third-order valence-corrected chi connectivity index (χ3v) is 3.31. The number of carbonyl (C=O) groups is 1. The maximum absolute atomic E-state index is 11.8. The number of rotatable bonds is 3. The number of nitrogens with one attached hydrogen (secondary N) is 1. The van der Waals surface area contributed by atoms with E-state index in [1.165, 1.54) is 11.3 Å². The van der Waals surface area contributed by atoms with Gasteiger partial charge in [-0.15, -0.1) is 11.3 Å². The van der Waals surface area contributed by atoms with Crippen molar-refractivity contribution in [3.63, 3.8) is 0 Å². The molecule has 1 amide bonds. The summed E-state index contributed by atoms with van der Waals surface area (Å²) in [7, 11) is 0. The number of hydrogen-bond donors (Lipinski definition) is 2. The van der Waals surface area contributed by atoms with Crippen LogP contribution in [0.2, 0.25) is 0 Å². The average Bonchev–Trinajstić information content (AvgIpc) is 3.00. The Kier molecular flexibility index (Phi) is 4.35. The van der Waals surface area contributed by atoms with Gasteiger partial charge in [0.2, 0.25) is 5.13 Å². The van der Waals surface area contributed by atoms with Gasteiger partial charge in [0.05, 0.1) is 16.4 Å². The average molecular weight is 280 g/mol. The van der Waals surface area contributed by atoms with Crippen molar-refractivity contribution in [3.05, 3.63) is 21.9 Å². The minimum absolute atomic E-state index is 0.0375. The van der Waals surface area contributed by atoms with Crippen LogP contribution in [0.25, 0.3) is 0 Å². The first-order chi connectivity index (χ1) is 8.79. The highest BCUT2D eigenvalue weighted by Crippen LogP contribution is 2.17. The molecule has 2 rings (SSSR count). The first-order valence-electron chi connectivity index (χ1n) is 4.95. The lowest BCUT2D eigenvalue weighted by molar-refractivity contribution is 0.103. The molecule has 0 saturated heterocycles. The Hall–Kier alpha value is -1.82. The van der Waals surface area contributed by atoms with Crippen LogP contribution in [0.3, 0.4) is 0 Å². The van der Waals surface area contributed by atoms with E-state index in [1.54, 1.807) is 12.1 Å². The lowest BCUT2D eigenvalue weighted by Crippen LogP contribution is -2.09. The number of aliphatic hydroxyl groups is 1. The lowest BCUT2D eigenvalue weighted by Gasteiger charge is -1.95. The molecule has 0 radical (unpaired) electrons. The van der Waals surface area contributed by atoms with Gasteiger partial charge in [0.25, 0.3) is 5.91 Å². The minimum Gasteiger partial charge on any atom is -0.395 e. The molecular weight excluding hydrogens is 272 g/mol. The van der Waals surface area contributed by atoms with Crippen molar-refractivity contribution >= 4 is 33.9 Å². The number of carbonyl (C=O) groups excluding carboxylic acids is 1. The molecule has 0 bridgehead atoms. The number of nitrogens with zero attached hydrogens (tertiary/aromatic N) is 3. The Morgan fingerprint density at radius 3 is 3.11 bits per heavy atom. The highest BCUT2D eigenvalue weighted by molar-refractivity contribution is 7.15. The highest BCUT2D eigenvalue weighted by Gasteiger charge is 2.10. The standard InChI is InChI=1S/C10H8N4O2S2/c15-6-2-1-3-7-4-5-8(17-7)9(16)11-10-12-13-14-18-10/h4-5,15H,2,6H2,(H,11,12,14,16). The summed E-state index contributed by atoms with van der Waals surface area (Å²) < 4.78 is 3.55. The molecule has 2 aromatic heterocycles. The Morgan fingerprint density at radius 2 is 2.39 bits per heavy atom. The smallest absolute Gasteiger partial charge is 0.267 e. The molecule has 6 nitrogen and oxygen atoms in total. The molecular formula is C10H8N4O2S2. The molecule has 0 unspecified atom stereocenters. The van der Waals surface area contributed by atoms with Crippen molar-refractivity contribution in [3.8, 4) is 11.8 Å². The molecule has 2 N–H and O–H groups in total. The van der Waals surface area contributed by atoms with Gasteiger partial charge in [-0.2, -0.15) is 0 Å². The van der Waals surface area contributed by atoms with Crippen molar-refractivity contribution in [2.45, 2.75) is 6.42 Å². The SMILES string of the molecule is O=C(Nc1nnns1)c1ccc(C#CCCO)s1. The molecule has 8 heteroatoms. The maximum Gasteiger partial charge on any atom is 0.267 e. The van der Waals surface area contributed by atoms with Crippen LogP contribution in [0.1, 0.15) is 21.0 Å². The summed E-state index contributed by atoms with van der Waals surface area (Å²) in [6.07, 6.45) is 0.426. The van der Waals surface area contributed by atoms with E-state index in [-0.39, 0.29) is 12.5 Å². The summed E-state index contributed by atoms with van der Waals surface area (Å²) in [4.78, 5) is 13.1. The maximum atomic E-state index is 11.8. The monoisotopic (exact) mass is 280 g/mol. The van der Waals surface area contributed by atoms with Crippen molar-refractivity contribution in [2.75, 3.05) is 11.9 Å². The van der Waals surface area contributed by atoms with Gasteiger partial charge < -0.3 is 5.11 Å². The summed E-state index contributed by atoms with van der Waals surface area (Å²) in [6.45, 7) is 0.0375. The molecule has 0 fully saturated rings. The summed E-state index contributed by atoms with van der Waals surface area (Å²) in [5.41, 5.74) is 0. The first kappa shape index (κ1) is 12.6. The van der Waals surface area contributed by atoms with Gasteiger partial charge in [-0.1, -0.05) is 21.4 Å². The number of thiophene rings is 1. The predicted molar refractivity (Wildman–Crippen MR) is 68.6 cm³/mol. The highest BCUT2D eigenvalue weighted by atomic mass is 32.1. The summed E-state index contributed by atoms with van der Waals surface area (Å²) in [5, 5.41) is 18.6. The van der Waals surface area contributed by atoms with E-state index in [0.29, 0.717) is 16.4 Å². The fourth-order valence-corrected chi connectivity index (χ4v) is 2.21. The van der Waals surface area contributed by atoms with Crippen molar-refractivity contribution in [1.82, 2.24) is 14.8 Å². The van der Waals surface area contributed by atoms with Gasteiger partial charge in [-0.3, -0.25) is 10.1 Å². The van der Waals surface area contributed by atoms with Crippen LogP contribution in [0.4, 0.5) is 5.13 Å². The first-order valence-corrected chi connectivity index (χ1v) is 6.54. The zero-order valence-electron chi connectivity index (χ0n) is 9.08. The quantitative estimate of drug-likeness (QED) is 0.818. The second-order valence-electron chi connectivity index (χ2n) is 3.06. The van der Waals surface area contributed by atoms with Crippen LogP contribution >= 0.6 is 22.9 Å². The van der Waals surface area contributed by atoms with Crippen molar-refractivity contribution in [1.29, 1.82) is 0 Å². The van der Waals surface area contributed by atoms with E-state index in [2.05, 4.69) is 32.0 Å². The zero-order valence-corrected chi connectivity index (χ0v) is 10.7. The van der Waals surface area contributed by atoms with Crippen LogP contribution in [0.15, 0.2) is 12.1 Å². The fraction of sp³-hybridized carbons (Fsp3) is 0.200. The van der Waals surface area contributed by atoms with Gasteiger partial charge >= 0.3 is 0 Å². The third-order valence-electron chi connectivity index (χ3n) is 1.80. The molecule has 0 atom stereocenters.